The molecule has 2 rings (SSSR count). The summed E-state index contributed by atoms with van der Waals surface area (Å²) in [4.78, 5) is 35.6. The molecule has 1 aliphatic rings. The monoisotopic (exact) mass is 264 g/mol. The fraction of sp³-hybridized carbons (Fsp3) is 0.462. The second-order valence-electron chi connectivity index (χ2n) is 4.96. The van der Waals surface area contributed by atoms with Crippen LogP contribution in [0.5, 0.6) is 0 Å². The van der Waals surface area contributed by atoms with E-state index in [9.17, 15) is 14.4 Å². The minimum Gasteiger partial charge on any atom is -0.481 e. The van der Waals surface area contributed by atoms with Gasteiger partial charge in [-0.25, -0.2) is 0 Å². The van der Waals surface area contributed by atoms with Gasteiger partial charge in [0.25, 0.3) is 5.91 Å². The second kappa shape index (κ2) is 4.87. The summed E-state index contributed by atoms with van der Waals surface area (Å²) in [5.74, 6) is -1.04. The molecule has 0 spiro atoms. The number of carboxylic acid groups (broad SMARTS) is 1. The number of nitrogens with zero attached hydrogens (tertiary/aromatic N) is 2. The average molecular weight is 264 g/mol. The molecule has 0 aromatic carbocycles. The summed E-state index contributed by atoms with van der Waals surface area (Å²) in [5.41, 5.74) is 0.965. The molecule has 1 N–H and O–H groups in total. The number of likely N-dealkylation sites (tertiary alicyclic amines) is 1. The summed E-state index contributed by atoms with van der Waals surface area (Å²) in [6.45, 7) is 2.38. The molecular formula is C13H16N2O4. The van der Waals surface area contributed by atoms with Gasteiger partial charge in [0.05, 0.1) is 6.42 Å². The standard InChI is InChI=1S/C13H16N2O4/c1-8(16)10-4-11(14(2)7-10)13(19)15-5-9(6-15)3-12(17)18/h4,7,9H,3,5-6H2,1-2H3,(H,17,18). The van der Waals surface area contributed by atoms with Crippen molar-refractivity contribution in [2.45, 2.75) is 13.3 Å². The van der Waals surface area contributed by atoms with Crippen LogP contribution in [0.4, 0.5) is 0 Å². The first-order valence-corrected chi connectivity index (χ1v) is 6.07. The number of aryl methyl sites for hydroxylation is 1. The highest BCUT2D eigenvalue weighted by atomic mass is 16.4. The molecule has 6 heteroatoms. The zero-order valence-electron chi connectivity index (χ0n) is 10.9. The Balaban J connectivity index is 2.02. The molecule has 0 saturated carbocycles. The third-order valence-electron chi connectivity index (χ3n) is 3.34. The lowest BCUT2D eigenvalue weighted by atomic mass is 9.96. The van der Waals surface area contributed by atoms with Gasteiger partial charge in [-0.05, 0) is 13.0 Å². The van der Waals surface area contributed by atoms with Crippen molar-refractivity contribution in [3.63, 3.8) is 0 Å². The van der Waals surface area contributed by atoms with Crippen LogP contribution < -0.4 is 0 Å². The number of amides is 1. The van der Waals surface area contributed by atoms with Gasteiger partial charge in [-0.15, -0.1) is 0 Å². The van der Waals surface area contributed by atoms with Gasteiger partial charge in [0, 0.05) is 37.8 Å². The van der Waals surface area contributed by atoms with E-state index in [0.29, 0.717) is 24.3 Å². The van der Waals surface area contributed by atoms with Gasteiger partial charge in [0.15, 0.2) is 5.78 Å². The fourth-order valence-corrected chi connectivity index (χ4v) is 2.24. The van der Waals surface area contributed by atoms with Gasteiger partial charge in [0.2, 0.25) is 0 Å². The molecule has 0 unspecified atom stereocenters. The van der Waals surface area contributed by atoms with Crippen molar-refractivity contribution in [2.75, 3.05) is 13.1 Å². The number of hydrogen-bond donors (Lipinski definition) is 1. The van der Waals surface area contributed by atoms with Crippen molar-refractivity contribution in [1.29, 1.82) is 0 Å². The third kappa shape index (κ3) is 2.67. The van der Waals surface area contributed by atoms with E-state index in [2.05, 4.69) is 0 Å². The van der Waals surface area contributed by atoms with Gasteiger partial charge >= 0.3 is 5.97 Å². The summed E-state index contributed by atoms with van der Waals surface area (Å²) >= 11 is 0. The molecule has 19 heavy (non-hydrogen) atoms. The van der Waals surface area contributed by atoms with Crippen molar-refractivity contribution < 1.29 is 19.5 Å². The Hall–Kier alpha value is -2.11. The maximum Gasteiger partial charge on any atom is 0.303 e. The van der Waals surface area contributed by atoms with Crippen LogP contribution >= 0.6 is 0 Å². The van der Waals surface area contributed by atoms with Crippen LogP contribution in [0.3, 0.4) is 0 Å². The lowest BCUT2D eigenvalue weighted by Gasteiger charge is -2.38. The van der Waals surface area contributed by atoms with E-state index in [4.69, 9.17) is 5.11 Å². The van der Waals surface area contributed by atoms with E-state index in [1.54, 1.807) is 28.8 Å². The summed E-state index contributed by atoms with van der Waals surface area (Å²) in [5, 5.41) is 8.65. The molecule has 0 aliphatic carbocycles. The van der Waals surface area contributed by atoms with Crippen molar-refractivity contribution in [1.82, 2.24) is 9.47 Å². The van der Waals surface area contributed by atoms with Gasteiger partial charge in [-0.2, -0.15) is 0 Å². The molecule has 2 heterocycles. The van der Waals surface area contributed by atoms with Crippen LogP contribution in [-0.2, 0) is 11.8 Å². The number of Topliss-reactive ketones (excluding diaryl/α,β-unsaturated/α-hetero) is 1. The highest BCUT2D eigenvalue weighted by Gasteiger charge is 2.33. The Morgan fingerprint density at radius 2 is 2.00 bits per heavy atom. The summed E-state index contributed by atoms with van der Waals surface area (Å²) in [6.07, 6.45) is 1.72. The van der Waals surface area contributed by atoms with Gasteiger partial charge in [0.1, 0.15) is 5.69 Å². The van der Waals surface area contributed by atoms with Crippen LogP contribution in [0.25, 0.3) is 0 Å². The van der Waals surface area contributed by atoms with E-state index in [-0.39, 0.29) is 24.0 Å². The van der Waals surface area contributed by atoms with Crippen LogP contribution in [0, 0.1) is 5.92 Å². The Morgan fingerprint density at radius 3 is 2.47 bits per heavy atom. The Morgan fingerprint density at radius 1 is 1.37 bits per heavy atom. The van der Waals surface area contributed by atoms with Crippen LogP contribution in [0.15, 0.2) is 12.3 Å². The molecule has 1 aliphatic heterocycles. The van der Waals surface area contributed by atoms with Crippen LogP contribution in [-0.4, -0.2) is 45.3 Å². The maximum absolute atomic E-state index is 12.2. The molecular weight excluding hydrogens is 248 g/mol. The molecule has 1 saturated heterocycles. The topological polar surface area (TPSA) is 79.6 Å². The minimum absolute atomic E-state index is 0.0361. The largest absolute Gasteiger partial charge is 0.481 e. The average Bonchev–Trinajstić information content (AvgIpc) is 2.64. The number of hydrogen-bond acceptors (Lipinski definition) is 3. The number of carbonyl (C=O) groups excluding carboxylic acids is 2. The Kier molecular flexibility index (Phi) is 3.42. The van der Waals surface area contributed by atoms with Crippen molar-refractivity contribution in [2.24, 2.45) is 13.0 Å². The maximum atomic E-state index is 12.2. The fourth-order valence-electron chi connectivity index (χ4n) is 2.24. The molecule has 1 aromatic heterocycles. The lowest BCUT2D eigenvalue weighted by molar-refractivity contribution is -0.139. The number of ketones is 1. The SMILES string of the molecule is CC(=O)c1cc(C(=O)N2CC(CC(=O)O)C2)n(C)c1. The summed E-state index contributed by atoms with van der Waals surface area (Å²) in [6, 6.07) is 1.58. The molecule has 0 bridgehead atoms. The van der Waals surface area contributed by atoms with Crippen molar-refractivity contribution in [3.8, 4) is 0 Å². The highest BCUT2D eigenvalue weighted by molar-refractivity contribution is 5.99. The number of aromatic nitrogens is 1. The van der Waals surface area contributed by atoms with E-state index in [0.717, 1.165) is 0 Å². The Bertz CT molecular complexity index is 541. The number of carboxylic acids is 1. The third-order valence-corrected chi connectivity index (χ3v) is 3.34. The van der Waals surface area contributed by atoms with E-state index >= 15 is 0 Å². The van der Waals surface area contributed by atoms with Gasteiger partial charge in [-0.3, -0.25) is 14.4 Å². The molecule has 102 valence electrons. The number of carbonyl (C=O) groups is 3. The molecule has 1 aromatic rings. The molecule has 0 atom stereocenters. The molecule has 0 radical (unpaired) electrons. The Labute approximate surface area is 110 Å². The minimum atomic E-state index is -0.838. The highest BCUT2D eigenvalue weighted by Crippen LogP contribution is 2.22. The van der Waals surface area contributed by atoms with E-state index in [1.165, 1.54) is 6.92 Å². The van der Waals surface area contributed by atoms with Crippen molar-refractivity contribution >= 4 is 17.7 Å². The van der Waals surface area contributed by atoms with E-state index < -0.39 is 5.97 Å². The summed E-state index contributed by atoms with van der Waals surface area (Å²) < 4.78 is 1.63. The quantitative estimate of drug-likeness (QED) is 0.815. The first kappa shape index (κ1) is 13.3. The summed E-state index contributed by atoms with van der Waals surface area (Å²) in [7, 11) is 1.72. The zero-order chi connectivity index (χ0) is 14.2. The number of aliphatic carboxylic acids is 1. The predicted molar refractivity (Wildman–Crippen MR) is 67.1 cm³/mol. The zero-order valence-corrected chi connectivity index (χ0v) is 10.9. The molecule has 1 fully saturated rings. The second-order valence-corrected chi connectivity index (χ2v) is 4.96. The number of rotatable bonds is 4. The molecule has 1 amide bonds. The lowest BCUT2D eigenvalue weighted by Crippen LogP contribution is -2.50. The van der Waals surface area contributed by atoms with Gasteiger partial charge in [-0.1, -0.05) is 0 Å². The molecule has 6 nitrogen and oxygen atoms in total. The normalized spacial score (nSPS) is 15.2. The smallest absolute Gasteiger partial charge is 0.303 e. The van der Waals surface area contributed by atoms with Crippen LogP contribution in [0.2, 0.25) is 0 Å². The van der Waals surface area contributed by atoms with E-state index in [1.807, 2.05) is 0 Å². The van der Waals surface area contributed by atoms with Gasteiger partial charge < -0.3 is 14.6 Å². The first-order chi connectivity index (χ1) is 8.88. The van der Waals surface area contributed by atoms with Crippen LogP contribution in [0.1, 0.15) is 34.2 Å². The van der Waals surface area contributed by atoms with Crippen molar-refractivity contribution in [3.05, 3.63) is 23.5 Å². The predicted octanol–water partition coefficient (Wildman–Crippen LogP) is 0.774. The first-order valence-electron chi connectivity index (χ1n) is 6.07.